The molecule has 0 aliphatic carbocycles. The van der Waals surface area contributed by atoms with Crippen LogP contribution in [0.25, 0.3) is 0 Å². The van der Waals surface area contributed by atoms with Crippen LogP contribution in [0.1, 0.15) is 48.7 Å². The number of benzene rings is 2. The number of rotatable bonds is 10. The topological polar surface area (TPSA) is 60.0 Å². The van der Waals surface area contributed by atoms with Crippen molar-refractivity contribution in [2.45, 2.75) is 32.7 Å². The first-order valence-corrected chi connectivity index (χ1v) is 10.7. The second kappa shape index (κ2) is 10.9. The zero-order chi connectivity index (χ0) is 21.3. The number of para-hydroxylation sites is 1. The largest absolute Gasteiger partial charge is 0.496 e. The summed E-state index contributed by atoms with van der Waals surface area (Å²) in [5.74, 6) is 1.97. The minimum absolute atomic E-state index is 0.0710. The van der Waals surface area contributed by atoms with Crippen LogP contribution in [0.3, 0.4) is 0 Å². The Labute approximate surface area is 179 Å². The molecule has 162 valence electrons. The molecule has 30 heavy (non-hydrogen) atoms. The Morgan fingerprint density at radius 3 is 2.40 bits per heavy atom. The number of ether oxygens (including phenoxy) is 3. The van der Waals surface area contributed by atoms with Gasteiger partial charge in [0.15, 0.2) is 11.5 Å². The van der Waals surface area contributed by atoms with Crippen molar-refractivity contribution < 1.29 is 19.0 Å². The van der Waals surface area contributed by atoms with E-state index < -0.39 is 0 Å². The van der Waals surface area contributed by atoms with Crippen molar-refractivity contribution in [2.75, 3.05) is 40.0 Å². The van der Waals surface area contributed by atoms with Crippen molar-refractivity contribution in [3.05, 3.63) is 53.6 Å². The molecule has 0 bridgehead atoms. The first-order chi connectivity index (χ1) is 14.7. The van der Waals surface area contributed by atoms with Gasteiger partial charge in [-0.25, -0.2) is 0 Å². The summed E-state index contributed by atoms with van der Waals surface area (Å²) in [6, 6.07) is 13.4. The summed E-state index contributed by atoms with van der Waals surface area (Å²) >= 11 is 0. The van der Waals surface area contributed by atoms with Gasteiger partial charge in [0.05, 0.1) is 26.4 Å². The van der Waals surface area contributed by atoms with Gasteiger partial charge < -0.3 is 19.5 Å². The molecule has 1 amide bonds. The molecule has 1 aliphatic heterocycles. The molecule has 0 spiro atoms. The third-order valence-corrected chi connectivity index (χ3v) is 5.34. The Bertz CT molecular complexity index is 834. The molecule has 1 heterocycles. The smallest absolute Gasteiger partial charge is 0.251 e. The molecule has 0 saturated carbocycles. The summed E-state index contributed by atoms with van der Waals surface area (Å²) in [6.45, 7) is 7.45. The molecule has 6 nitrogen and oxygen atoms in total. The molecular formula is C24H32N2O4. The van der Waals surface area contributed by atoms with E-state index in [4.69, 9.17) is 14.2 Å². The Kier molecular flexibility index (Phi) is 7.97. The lowest BCUT2D eigenvalue weighted by Gasteiger charge is -2.29. The highest BCUT2D eigenvalue weighted by Gasteiger charge is 2.26. The van der Waals surface area contributed by atoms with Crippen molar-refractivity contribution in [3.8, 4) is 17.2 Å². The number of carbonyl (C=O) groups is 1. The van der Waals surface area contributed by atoms with Crippen molar-refractivity contribution >= 4 is 5.91 Å². The summed E-state index contributed by atoms with van der Waals surface area (Å²) < 4.78 is 16.8. The van der Waals surface area contributed by atoms with E-state index in [-0.39, 0.29) is 11.9 Å². The summed E-state index contributed by atoms with van der Waals surface area (Å²) in [4.78, 5) is 15.3. The number of hydrogen-bond donors (Lipinski definition) is 1. The van der Waals surface area contributed by atoms with Crippen LogP contribution in [0.5, 0.6) is 17.2 Å². The minimum Gasteiger partial charge on any atom is -0.496 e. The van der Waals surface area contributed by atoms with Gasteiger partial charge in [-0.3, -0.25) is 9.69 Å². The van der Waals surface area contributed by atoms with Crippen molar-refractivity contribution in [2.24, 2.45) is 0 Å². The number of nitrogens with zero attached hydrogens (tertiary/aromatic N) is 1. The van der Waals surface area contributed by atoms with Gasteiger partial charge in [-0.2, -0.15) is 0 Å². The van der Waals surface area contributed by atoms with E-state index in [1.807, 2.05) is 32.0 Å². The lowest BCUT2D eigenvalue weighted by molar-refractivity contribution is 0.0936. The summed E-state index contributed by atoms with van der Waals surface area (Å²) in [7, 11) is 1.69. The second-order valence-electron chi connectivity index (χ2n) is 7.24. The molecule has 6 heteroatoms. The predicted octanol–water partition coefficient (Wildman–Crippen LogP) is 4.06. The highest BCUT2D eigenvalue weighted by Crippen LogP contribution is 2.32. The van der Waals surface area contributed by atoms with Gasteiger partial charge in [-0.1, -0.05) is 18.2 Å². The van der Waals surface area contributed by atoms with Gasteiger partial charge in [-0.15, -0.1) is 0 Å². The van der Waals surface area contributed by atoms with Crippen LogP contribution in [0.4, 0.5) is 0 Å². The zero-order valence-corrected chi connectivity index (χ0v) is 18.1. The molecule has 1 N–H and O–H groups in total. The van der Waals surface area contributed by atoms with E-state index in [0.29, 0.717) is 36.8 Å². The average molecular weight is 413 g/mol. The molecule has 0 radical (unpaired) electrons. The highest BCUT2D eigenvalue weighted by molar-refractivity contribution is 5.94. The van der Waals surface area contributed by atoms with Crippen molar-refractivity contribution in [1.82, 2.24) is 10.2 Å². The normalized spacial score (nSPS) is 14.9. The average Bonchev–Trinajstić information content (AvgIpc) is 3.30. The lowest BCUT2D eigenvalue weighted by Crippen LogP contribution is -2.37. The fraction of sp³-hybridized carbons (Fsp3) is 0.458. The first-order valence-electron chi connectivity index (χ1n) is 10.7. The zero-order valence-electron chi connectivity index (χ0n) is 18.1. The van der Waals surface area contributed by atoms with E-state index in [0.717, 1.165) is 24.4 Å². The van der Waals surface area contributed by atoms with Gasteiger partial charge in [0.2, 0.25) is 0 Å². The van der Waals surface area contributed by atoms with Crippen LogP contribution in [-0.2, 0) is 0 Å². The minimum atomic E-state index is -0.127. The summed E-state index contributed by atoms with van der Waals surface area (Å²) in [5.41, 5.74) is 1.66. The maximum Gasteiger partial charge on any atom is 0.251 e. The summed E-state index contributed by atoms with van der Waals surface area (Å²) in [6.07, 6.45) is 2.35. The molecule has 0 aromatic heterocycles. The number of nitrogens with one attached hydrogen (secondary N) is 1. The second-order valence-corrected chi connectivity index (χ2v) is 7.24. The van der Waals surface area contributed by atoms with E-state index >= 15 is 0 Å². The van der Waals surface area contributed by atoms with E-state index in [1.54, 1.807) is 25.3 Å². The van der Waals surface area contributed by atoms with E-state index in [1.165, 1.54) is 12.8 Å². The maximum absolute atomic E-state index is 12.9. The highest BCUT2D eigenvalue weighted by atomic mass is 16.5. The molecule has 1 saturated heterocycles. The first kappa shape index (κ1) is 22.0. The number of carbonyl (C=O) groups excluding carboxylic acids is 1. The van der Waals surface area contributed by atoms with Gasteiger partial charge in [-0.05, 0) is 64.0 Å². The van der Waals surface area contributed by atoms with Crippen molar-refractivity contribution in [1.29, 1.82) is 0 Å². The number of hydrogen-bond acceptors (Lipinski definition) is 5. The molecule has 2 aromatic rings. The van der Waals surface area contributed by atoms with Crippen LogP contribution in [0.15, 0.2) is 42.5 Å². The van der Waals surface area contributed by atoms with Crippen LogP contribution < -0.4 is 19.5 Å². The standard InChI is InChI=1S/C24H32N2O4/c1-4-29-22-13-12-18(16-23(22)30-5-2)24(27)25-17-20(26-14-8-9-15-26)19-10-6-7-11-21(19)28-3/h6-7,10-13,16,20H,4-5,8-9,14-15,17H2,1-3H3,(H,25,27). The van der Waals surface area contributed by atoms with Crippen LogP contribution >= 0.6 is 0 Å². The van der Waals surface area contributed by atoms with Gasteiger partial charge in [0.25, 0.3) is 5.91 Å². The molecule has 2 aromatic carbocycles. The van der Waals surface area contributed by atoms with Crippen LogP contribution in [-0.4, -0.2) is 50.8 Å². The predicted molar refractivity (Wildman–Crippen MR) is 118 cm³/mol. The Balaban J connectivity index is 1.76. The fourth-order valence-corrected chi connectivity index (χ4v) is 3.91. The lowest BCUT2D eigenvalue weighted by atomic mass is 10.0. The van der Waals surface area contributed by atoms with Crippen LogP contribution in [0.2, 0.25) is 0 Å². The number of likely N-dealkylation sites (tertiary alicyclic amines) is 1. The van der Waals surface area contributed by atoms with E-state index in [2.05, 4.69) is 16.3 Å². The number of amides is 1. The van der Waals surface area contributed by atoms with Gasteiger partial charge in [0.1, 0.15) is 5.75 Å². The Morgan fingerprint density at radius 2 is 1.70 bits per heavy atom. The quantitative estimate of drug-likeness (QED) is 0.638. The third-order valence-electron chi connectivity index (χ3n) is 5.34. The summed E-state index contributed by atoms with van der Waals surface area (Å²) in [5, 5.41) is 3.11. The SMILES string of the molecule is CCOc1ccc(C(=O)NCC(c2ccccc2OC)N2CCCC2)cc1OCC. The monoisotopic (exact) mass is 412 g/mol. The van der Waals surface area contributed by atoms with E-state index in [9.17, 15) is 4.79 Å². The van der Waals surface area contributed by atoms with Gasteiger partial charge in [0, 0.05) is 17.7 Å². The van der Waals surface area contributed by atoms with Gasteiger partial charge >= 0.3 is 0 Å². The molecule has 1 aliphatic rings. The third kappa shape index (κ3) is 5.25. The molecule has 3 rings (SSSR count). The number of methoxy groups -OCH3 is 1. The molecule has 1 unspecified atom stereocenters. The Morgan fingerprint density at radius 1 is 1.00 bits per heavy atom. The van der Waals surface area contributed by atoms with Crippen molar-refractivity contribution in [3.63, 3.8) is 0 Å². The maximum atomic E-state index is 12.9. The molecule has 1 atom stereocenters. The molecular weight excluding hydrogens is 380 g/mol. The van der Waals surface area contributed by atoms with Crippen LogP contribution in [0, 0.1) is 0 Å². The fourth-order valence-electron chi connectivity index (χ4n) is 3.91. The Hall–Kier alpha value is -2.73. The molecule has 1 fully saturated rings.